The first-order valence-electron chi connectivity index (χ1n) is 14.5. The Bertz CT molecular complexity index is 1730. The predicted octanol–water partition coefficient (Wildman–Crippen LogP) is 4.97. The summed E-state index contributed by atoms with van der Waals surface area (Å²) in [5.41, 5.74) is 3.04. The second kappa shape index (κ2) is 11.4. The molecule has 3 aromatic carbocycles. The van der Waals surface area contributed by atoms with Crippen molar-refractivity contribution in [1.82, 2.24) is 19.4 Å². The van der Waals surface area contributed by atoms with Crippen LogP contribution in [0, 0.1) is 0 Å². The van der Waals surface area contributed by atoms with Crippen molar-refractivity contribution in [2.75, 3.05) is 37.7 Å². The summed E-state index contributed by atoms with van der Waals surface area (Å²) in [7, 11) is 0. The van der Waals surface area contributed by atoms with Crippen LogP contribution in [0.15, 0.2) is 78.9 Å². The second-order valence-electron chi connectivity index (χ2n) is 11.0. The van der Waals surface area contributed by atoms with Gasteiger partial charge in [-0.3, -0.25) is 4.90 Å². The van der Waals surface area contributed by atoms with E-state index in [0.717, 1.165) is 78.2 Å². The highest BCUT2D eigenvalue weighted by Gasteiger charge is 2.25. The summed E-state index contributed by atoms with van der Waals surface area (Å²) in [5.74, 6) is 1.59. The molecule has 2 aromatic heterocycles. The number of carbonyl (C=O) groups is 1. The number of aromatic carboxylic acids is 1. The van der Waals surface area contributed by atoms with Crippen molar-refractivity contribution in [3.63, 3.8) is 0 Å². The number of fused-ring (bicyclic) bond motifs is 2. The minimum Gasteiger partial charge on any atom is -0.478 e. The molecule has 0 amide bonds. The summed E-state index contributed by atoms with van der Waals surface area (Å²) in [6.07, 6.45) is 1.15. The van der Waals surface area contributed by atoms with Gasteiger partial charge in [0.1, 0.15) is 18.2 Å². The van der Waals surface area contributed by atoms with Gasteiger partial charge in [-0.2, -0.15) is 4.98 Å². The normalized spacial score (nSPS) is 17.4. The average Bonchev–Trinajstić information content (AvgIpc) is 3.34. The Hall–Kier alpha value is -4.47. The van der Waals surface area contributed by atoms with Crippen LogP contribution in [0.3, 0.4) is 0 Å². The number of aromatic nitrogens is 3. The van der Waals surface area contributed by atoms with Gasteiger partial charge in [-0.1, -0.05) is 54.6 Å². The molecule has 9 heteroatoms. The number of hydrogen-bond acceptors (Lipinski definition) is 7. The lowest BCUT2D eigenvalue weighted by molar-refractivity contribution is -0.0592. The van der Waals surface area contributed by atoms with E-state index >= 15 is 0 Å². The molecule has 0 radical (unpaired) electrons. The lowest BCUT2D eigenvalue weighted by Gasteiger charge is -2.36. The Labute approximate surface area is 243 Å². The van der Waals surface area contributed by atoms with Crippen molar-refractivity contribution in [3.05, 3.63) is 95.8 Å². The molecular formula is C33H33N5O4. The first kappa shape index (κ1) is 26.4. The van der Waals surface area contributed by atoms with Crippen LogP contribution < -0.4 is 9.64 Å². The fourth-order valence-electron chi connectivity index (χ4n) is 5.78. The third-order valence-corrected chi connectivity index (χ3v) is 8.22. The van der Waals surface area contributed by atoms with E-state index in [-0.39, 0.29) is 11.7 Å². The number of anilines is 1. The molecule has 0 bridgehead atoms. The summed E-state index contributed by atoms with van der Waals surface area (Å²) in [5, 5.41) is 11.8. The number of carboxylic acid groups (broad SMARTS) is 1. The quantitative estimate of drug-likeness (QED) is 0.269. The topological polar surface area (TPSA) is 93.0 Å². The third kappa shape index (κ3) is 5.41. The lowest BCUT2D eigenvalue weighted by Crippen LogP contribution is -2.46. The minimum absolute atomic E-state index is 0.141. The van der Waals surface area contributed by atoms with Gasteiger partial charge in [-0.05, 0) is 35.6 Å². The lowest BCUT2D eigenvalue weighted by atomic mass is 10.1. The van der Waals surface area contributed by atoms with Gasteiger partial charge in [0.25, 0.3) is 0 Å². The number of benzene rings is 3. The van der Waals surface area contributed by atoms with Crippen LogP contribution in [0.4, 0.5) is 5.82 Å². The van der Waals surface area contributed by atoms with Gasteiger partial charge in [-0.15, -0.1) is 0 Å². The smallest absolute Gasteiger partial charge is 0.335 e. The zero-order chi connectivity index (χ0) is 28.5. The van der Waals surface area contributed by atoms with Gasteiger partial charge in [0.15, 0.2) is 0 Å². The maximum atomic E-state index is 11.6. The molecular weight excluding hydrogens is 530 g/mol. The molecule has 1 atom stereocenters. The minimum atomic E-state index is -0.933. The van der Waals surface area contributed by atoms with Crippen molar-refractivity contribution in [2.45, 2.75) is 32.2 Å². The molecule has 214 valence electrons. The fourth-order valence-corrected chi connectivity index (χ4v) is 5.78. The molecule has 5 aromatic rings. The molecule has 1 N–H and O–H groups in total. The van der Waals surface area contributed by atoms with Crippen molar-refractivity contribution in [1.29, 1.82) is 0 Å². The average molecular weight is 564 g/mol. The highest BCUT2D eigenvalue weighted by atomic mass is 16.5. The second-order valence-corrected chi connectivity index (χ2v) is 11.0. The van der Waals surface area contributed by atoms with Gasteiger partial charge in [0, 0.05) is 44.2 Å². The number of imidazole rings is 1. The molecule has 7 rings (SSSR count). The van der Waals surface area contributed by atoms with Crippen LogP contribution in [0.2, 0.25) is 0 Å². The van der Waals surface area contributed by atoms with Gasteiger partial charge in [-0.25, -0.2) is 9.78 Å². The van der Waals surface area contributed by atoms with Crippen molar-refractivity contribution < 1.29 is 19.4 Å². The largest absolute Gasteiger partial charge is 0.478 e. The summed E-state index contributed by atoms with van der Waals surface area (Å²) in [6, 6.07) is 25.7. The summed E-state index contributed by atoms with van der Waals surface area (Å²) >= 11 is 0. The van der Waals surface area contributed by atoms with Crippen LogP contribution in [-0.4, -0.2) is 69.4 Å². The van der Waals surface area contributed by atoms with Gasteiger partial charge >= 0.3 is 5.97 Å². The van der Waals surface area contributed by atoms with Gasteiger partial charge in [0.2, 0.25) is 5.88 Å². The number of pyridine rings is 1. The molecule has 2 saturated heterocycles. The number of carboxylic acids is 1. The van der Waals surface area contributed by atoms with E-state index in [1.54, 1.807) is 12.1 Å². The van der Waals surface area contributed by atoms with Crippen molar-refractivity contribution in [3.8, 4) is 5.88 Å². The molecule has 0 saturated carbocycles. The maximum absolute atomic E-state index is 11.6. The molecule has 0 aliphatic carbocycles. The Morgan fingerprint density at radius 3 is 2.50 bits per heavy atom. The summed E-state index contributed by atoms with van der Waals surface area (Å²) < 4.78 is 14.0. The first-order chi connectivity index (χ1) is 20.6. The van der Waals surface area contributed by atoms with E-state index < -0.39 is 5.97 Å². The Balaban J connectivity index is 1.09. The Morgan fingerprint density at radius 1 is 0.952 bits per heavy atom. The highest BCUT2D eigenvalue weighted by Crippen LogP contribution is 2.30. The zero-order valence-electron chi connectivity index (χ0n) is 23.4. The van der Waals surface area contributed by atoms with E-state index in [1.165, 1.54) is 0 Å². The van der Waals surface area contributed by atoms with Crippen LogP contribution in [0.5, 0.6) is 5.88 Å². The van der Waals surface area contributed by atoms with Crippen molar-refractivity contribution >= 4 is 33.6 Å². The summed E-state index contributed by atoms with van der Waals surface area (Å²) in [6.45, 7) is 5.98. The molecule has 4 heterocycles. The van der Waals surface area contributed by atoms with Crippen LogP contribution >= 0.6 is 0 Å². The Morgan fingerprint density at radius 2 is 1.74 bits per heavy atom. The van der Waals surface area contributed by atoms with Crippen LogP contribution in [0.1, 0.15) is 28.2 Å². The molecule has 9 nitrogen and oxygen atoms in total. The van der Waals surface area contributed by atoms with Crippen LogP contribution in [-0.2, 0) is 24.4 Å². The molecule has 0 spiro atoms. The number of hydrogen-bond donors (Lipinski definition) is 1. The number of ether oxygens (including phenoxy) is 2. The number of piperazine rings is 1. The molecule has 2 aliphatic heterocycles. The van der Waals surface area contributed by atoms with E-state index in [1.807, 2.05) is 36.4 Å². The molecule has 2 aliphatic rings. The first-order valence-corrected chi connectivity index (χ1v) is 14.5. The highest BCUT2D eigenvalue weighted by molar-refractivity contribution is 5.93. The fraction of sp³-hybridized carbons (Fsp3) is 0.303. The van der Waals surface area contributed by atoms with E-state index in [2.05, 4.69) is 44.7 Å². The number of nitrogens with zero attached hydrogens (tertiary/aromatic N) is 5. The maximum Gasteiger partial charge on any atom is 0.335 e. The van der Waals surface area contributed by atoms with E-state index in [4.69, 9.17) is 19.4 Å². The monoisotopic (exact) mass is 563 g/mol. The predicted molar refractivity (Wildman–Crippen MR) is 161 cm³/mol. The molecule has 2 fully saturated rings. The summed E-state index contributed by atoms with van der Waals surface area (Å²) in [4.78, 5) is 26.3. The molecule has 0 unspecified atom stereocenters. The zero-order valence-corrected chi connectivity index (χ0v) is 23.4. The van der Waals surface area contributed by atoms with Gasteiger partial charge < -0.3 is 24.0 Å². The molecule has 42 heavy (non-hydrogen) atoms. The number of rotatable bonds is 9. The standard InChI is InChI=1S/C33H33N5O4/c39-33(40)25-10-11-28-29(18-25)38(20-26-12-17-41-26)30(34-28)21-36-13-15-37(16-14-36)32-27-9-5-4-8-24(27)19-31(35-32)42-22-23-6-2-1-3-7-23/h1-11,18-19,26H,12-17,20-22H2,(H,39,40)/t26-/m0/s1. The Kier molecular flexibility index (Phi) is 7.19. The van der Waals surface area contributed by atoms with Crippen molar-refractivity contribution in [2.24, 2.45) is 0 Å². The third-order valence-electron chi connectivity index (χ3n) is 8.22. The SMILES string of the molecule is O=C(O)c1ccc2nc(CN3CCN(c4nc(OCc5ccccc5)cc5ccccc45)CC3)n(C[C@@H]3CCO3)c2c1. The van der Waals surface area contributed by atoms with E-state index in [9.17, 15) is 9.90 Å². The van der Waals surface area contributed by atoms with Crippen LogP contribution in [0.25, 0.3) is 21.8 Å². The van der Waals surface area contributed by atoms with E-state index in [0.29, 0.717) is 25.6 Å². The van der Waals surface area contributed by atoms with Gasteiger partial charge in [0.05, 0.1) is 35.8 Å².